The summed E-state index contributed by atoms with van der Waals surface area (Å²) in [5.74, 6) is -0.867. The van der Waals surface area contributed by atoms with Crippen LogP contribution in [0.5, 0.6) is 0 Å². The van der Waals surface area contributed by atoms with E-state index in [0.717, 1.165) is 47.2 Å². The number of Topliss-reactive ketones (excluding diaryl/α,β-unsaturated/α-hetero) is 1. The SMILES string of the molecule is CN(C)c1ccc(/C=C2\CCC/C(=C\c3ccc(C(=O)O)cc3)C2=O)cc1. The number of hydrogen-bond donors (Lipinski definition) is 1. The van der Waals surface area contributed by atoms with Crippen LogP contribution in [0.2, 0.25) is 0 Å². The van der Waals surface area contributed by atoms with Crippen molar-refractivity contribution in [2.24, 2.45) is 0 Å². The van der Waals surface area contributed by atoms with E-state index in [1.807, 2.05) is 55.4 Å². The molecule has 0 aromatic heterocycles. The standard InChI is InChI=1S/C23H23NO3/c1-24(2)21-12-8-17(9-13-21)15-20-5-3-4-19(22(20)25)14-16-6-10-18(11-7-16)23(26)27/h6-15H,3-5H2,1-2H3,(H,26,27)/b19-14+,20-15+. The Bertz CT molecular complexity index is 904. The number of ketones is 1. The van der Waals surface area contributed by atoms with Crippen LogP contribution in [0.25, 0.3) is 12.2 Å². The van der Waals surface area contributed by atoms with Gasteiger partial charge >= 0.3 is 5.97 Å². The van der Waals surface area contributed by atoms with Crippen molar-refractivity contribution < 1.29 is 14.7 Å². The van der Waals surface area contributed by atoms with E-state index in [1.54, 1.807) is 24.3 Å². The topological polar surface area (TPSA) is 57.6 Å². The molecule has 1 saturated carbocycles. The van der Waals surface area contributed by atoms with Crippen molar-refractivity contribution in [3.8, 4) is 0 Å². The molecule has 138 valence electrons. The number of hydrogen-bond acceptors (Lipinski definition) is 3. The summed E-state index contributed by atoms with van der Waals surface area (Å²) in [6.45, 7) is 0. The number of carbonyl (C=O) groups excluding carboxylic acids is 1. The van der Waals surface area contributed by atoms with E-state index in [0.29, 0.717) is 0 Å². The summed E-state index contributed by atoms with van der Waals surface area (Å²) in [4.78, 5) is 25.8. The van der Waals surface area contributed by atoms with Gasteiger partial charge in [0, 0.05) is 30.9 Å². The lowest BCUT2D eigenvalue weighted by molar-refractivity contribution is -0.112. The molecule has 1 aliphatic carbocycles. The first-order valence-electron chi connectivity index (χ1n) is 9.00. The average molecular weight is 361 g/mol. The second-order valence-corrected chi connectivity index (χ2v) is 6.93. The van der Waals surface area contributed by atoms with Crippen molar-refractivity contribution in [2.75, 3.05) is 19.0 Å². The Labute approximate surface area is 159 Å². The molecule has 0 spiro atoms. The fourth-order valence-electron chi connectivity index (χ4n) is 3.17. The summed E-state index contributed by atoms with van der Waals surface area (Å²) >= 11 is 0. The minimum absolute atomic E-state index is 0.0836. The molecule has 1 N–H and O–H groups in total. The Balaban J connectivity index is 1.81. The van der Waals surface area contributed by atoms with E-state index in [9.17, 15) is 9.59 Å². The van der Waals surface area contributed by atoms with Crippen molar-refractivity contribution in [3.63, 3.8) is 0 Å². The third-order valence-electron chi connectivity index (χ3n) is 4.72. The van der Waals surface area contributed by atoms with Crippen LogP contribution in [-0.2, 0) is 4.79 Å². The van der Waals surface area contributed by atoms with Crippen LogP contribution < -0.4 is 4.90 Å². The van der Waals surface area contributed by atoms with Gasteiger partial charge in [-0.1, -0.05) is 24.3 Å². The first-order valence-corrected chi connectivity index (χ1v) is 9.00. The van der Waals surface area contributed by atoms with Gasteiger partial charge in [-0.15, -0.1) is 0 Å². The summed E-state index contributed by atoms with van der Waals surface area (Å²) < 4.78 is 0. The second-order valence-electron chi connectivity index (χ2n) is 6.93. The highest BCUT2D eigenvalue weighted by Crippen LogP contribution is 2.28. The van der Waals surface area contributed by atoms with Crippen LogP contribution in [0.4, 0.5) is 5.69 Å². The highest BCUT2D eigenvalue weighted by molar-refractivity contribution is 6.14. The molecule has 0 unspecified atom stereocenters. The molecular weight excluding hydrogens is 338 g/mol. The van der Waals surface area contributed by atoms with Crippen LogP contribution in [0.15, 0.2) is 59.7 Å². The number of benzene rings is 2. The van der Waals surface area contributed by atoms with Crippen LogP contribution >= 0.6 is 0 Å². The van der Waals surface area contributed by atoms with Gasteiger partial charge in [-0.25, -0.2) is 4.79 Å². The molecule has 0 atom stereocenters. The zero-order valence-corrected chi connectivity index (χ0v) is 15.6. The van der Waals surface area contributed by atoms with Crippen LogP contribution in [0.3, 0.4) is 0 Å². The molecule has 1 aliphatic rings. The average Bonchev–Trinajstić information content (AvgIpc) is 2.66. The van der Waals surface area contributed by atoms with E-state index in [1.165, 1.54) is 0 Å². The van der Waals surface area contributed by atoms with Crippen molar-refractivity contribution in [1.82, 2.24) is 0 Å². The minimum Gasteiger partial charge on any atom is -0.478 e. The third kappa shape index (κ3) is 4.53. The quantitative estimate of drug-likeness (QED) is 0.804. The van der Waals surface area contributed by atoms with Crippen molar-refractivity contribution in [3.05, 3.63) is 76.4 Å². The number of nitrogens with zero attached hydrogens (tertiary/aromatic N) is 1. The van der Waals surface area contributed by atoms with Gasteiger partial charge in [0.15, 0.2) is 5.78 Å². The lowest BCUT2D eigenvalue weighted by Gasteiger charge is -2.17. The monoisotopic (exact) mass is 361 g/mol. The lowest BCUT2D eigenvalue weighted by atomic mass is 9.87. The van der Waals surface area contributed by atoms with E-state index < -0.39 is 5.97 Å². The number of aromatic carboxylic acids is 1. The molecule has 0 heterocycles. The molecule has 1 fully saturated rings. The van der Waals surface area contributed by atoms with Gasteiger partial charge in [0.1, 0.15) is 0 Å². The number of carbonyl (C=O) groups is 2. The van der Waals surface area contributed by atoms with Gasteiger partial charge in [-0.05, 0) is 66.8 Å². The van der Waals surface area contributed by atoms with E-state index in [-0.39, 0.29) is 11.3 Å². The third-order valence-corrected chi connectivity index (χ3v) is 4.72. The fourth-order valence-corrected chi connectivity index (χ4v) is 3.17. The van der Waals surface area contributed by atoms with E-state index in [4.69, 9.17) is 5.11 Å². The predicted octanol–water partition coefficient (Wildman–Crippen LogP) is 4.67. The van der Waals surface area contributed by atoms with Crippen LogP contribution in [0.1, 0.15) is 40.7 Å². The highest BCUT2D eigenvalue weighted by Gasteiger charge is 2.20. The molecule has 2 aromatic carbocycles. The maximum atomic E-state index is 12.8. The first-order chi connectivity index (χ1) is 12.9. The van der Waals surface area contributed by atoms with Gasteiger partial charge in [0.25, 0.3) is 0 Å². The summed E-state index contributed by atoms with van der Waals surface area (Å²) in [6.07, 6.45) is 6.31. The number of carboxylic acids is 1. The summed E-state index contributed by atoms with van der Waals surface area (Å²) in [6, 6.07) is 14.7. The zero-order valence-electron chi connectivity index (χ0n) is 15.6. The Kier molecular flexibility index (Phi) is 5.55. The van der Waals surface area contributed by atoms with Gasteiger partial charge in [0.05, 0.1) is 5.56 Å². The summed E-state index contributed by atoms with van der Waals surface area (Å²) in [5, 5.41) is 8.98. The Hall–Kier alpha value is -3.14. The molecule has 0 saturated heterocycles. The maximum Gasteiger partial charge on any atom is 0.335 e. The molecule has 3 rings (SSSR count). The molecular formula is C23H23NO3. The van der Waals surface area contributed by atoms with Gasteiger partial charge < -0.3 is 10.0 Å². The van der Waals surface area contributed by atoms with Crippen LogP contribution in [0, 0.1) is 0 Å². The number of rotatable bonds is 4. The first kappa shape index (κ1) is 18.6. The summed E-state index contributed by atoms with van der Waals surface area (Å²) in [5.41, 5.74) is 4.84. The molecule has 4 nitrogen and oxygen atoms in total. The highest BCUT2D eigenvalue weighted by atomic mass is 16.4. The van der Waals surface area contributed by atoms with Crippen molar-refractivity contribution in [2.45, 2.75) is 19.3 Å². The molecule has 0 aliphatic heterocycles. The minimum atomic E-state index is -0.951. The number of allylic oxidation sites excluding steroid dienone is 2. The number of carboxylic acid groups (broad SMARTS) is 1. The van der Waals surface area contributed by atoms with E-state index in [2.05, 4.69) is 0 Å². The van der Waals surface area contributed by atoms with Gasteiger partial charge in [-0.2, -0.15) is 0 Å². The van der Waals surface area contributed by atoms with Crippen molar-refractivity contribution >= 4 is 29.6 Å². The number of anilines is 1. The Morgan fingerprint density at radius 2 is 1.37 bits per heavy atom. The maximum absolute atomic E-state index is 12.8. The second kappa shape index (κ2) is 8.04. The van der Waals surface area contributed by atoms with Crippen molar-refractivity contribution in [1.29, 1.82) is 0 Å². The largest absolute Gasteiger partial charge is 0.478 e. The smallest absolute Gasteiger partial charge is 0.335 e. The molecule has 0 bridgehead atoms. The summed E-state index contributed by atoms with van der Waals surface area (Å²) in [7, 11) is 4.00. The Morgan fingerprint density at radius 3 is 1.81 bits per heavy atom. The van der Waals surface area contributed by atoms with E-state index >= 15 is 0 Å². The molecule has 2 aromatic rings. The Morgan fingerprint density at radius 1 is 0.889 bits per heavy atom. The lowest BCUT2D eigenvalue weighted by Crippen LogP contribution is -2.12. The van der Waals surface area contributed by atoms with Crippen LogP contribution in [-0.4, -0.2) is 31.0 Å². The molecule has 0 radical (unpaired) electrons. The molecule has 0 amide bonds. The fraction of sp³-hybridized carbons (Fsp3) is 0.217. The van der Waals surface area contributed by atoms with Gasteiger partial charge in [0.2, 0.25) is 0 Å². The molecule has 4 heteroatoms. The zero-order chi connectivity index (χ0) is 19.4. The predicted molar refractivity (Wildman–Crippen MR) is 109 cm³/mol. The normalized spacial score (nSPS) is 17.3. The molecule has 27 heavy (non-hydrogen) atoms. The van der Waals surface area contributed by atoms with Gasteiger partial charge in [-0.3, -0.25) is 4.79 Å².